The van der Waals surface area contributed by atoms with Crippen molar-refractivity contribution in [2.45, 2.75) is 31.6 Å². The molecule has 1 saturated carbocycles. The summed E-state index contributed by atoms with van der Waals surface area (Å²) in [6.45, 7) is 0. The average Bonchev–Trinajstić information content (AvgIpc) is 2.53. The molecule has 0 N–H and O–H groups in total. The number of fused-ring (bicyclic) bond motifs is 5. The SMILES string of the molecule is CN(C)C1=Cc2c(ncc3ccccc23)[C@@H]2CCCC[C@H]12. The van der Waals surface area contributed by atoms with Gasteiger partial charge in [-0.25, -0.2) is 0 Å². The second-order valence-electron chi connectivity index (χ2n) is 6.61. The van der Waals surface area contributed by atoms with Gasteiger partial charge in [0, 0.05) is 48.8 Å². The van der Waals surface area contributed by atoms with Gasteiger partial charge in [-0.1, -0.05) is 37.1 Å². The third kappa shape index (κ3) is 1.97. The number of benzene rings is 1. The molecule has 2 aliphatic carbocycles. The predicted molar refractivity (Wildman–Crippen MR) is 88.1 cm³/mol. The zero-order chi connectivity index (χ0) is 14.4. The van der Waals surface area contributed by atoms with Crippen LogP contribution in [0.15, 0.2) is 36.2 Å². The minimum Gasteiger partial charge on any atom is -0.381 e. The quantitative estimate of drug-likeness (QED) is 0.767. The zero-order valence-corrected chi connectivity index (χ0v) is 12.8. The number of hydrogen-bond acceptors (Lipinski definition) is 2. The number of pyridine rings is 1. The van der Waals surface area contributed by atoms with E-state index in [1.54, 1.807) is 0 Å². The van der Waals surface area contributed by atoms with E-state index in [2.05, 4.69) is 55.5 Å². The summed E-state index contributed by atoms with van der Waals surface area (Å²) >= 11 is 0. The maximum Gasteiger partial charge on any atom is 0.0520 e. The standard InChI is InChI=1S/C19H22N2/c1-21(2)18-11-17-14-8-4-3-7-13(14)12-20-19(17)16-10-6-5-9-15(16)18/h3-4,7-8,11-12,15-16H,5-6,9-10H2,1-2H3/t15-,16+/m0/s1. The highest BCUT2D eigenvalue weighted by Crippen LogP contribution is 2.47. The lowest BCUT2D eigenvalue weighted by molar-refractivity contribution is 0.287. The minimum absolute atomic E-state index is 0.612. The lowest BCUT2D eigenvalue weighted by atomic mass is 9.71. The third-order valence-electron chi connectivity index (χ3n) is 5.18. The summed E-state index contributed by atoms with van der Waals surface area (Å²) in [6.07, 6.45) is 9.76. The molecule has 1 aromatic carbocycles. The molecule has 1 heterocycles. The van der Waals surface area contributed by atoms with Crippen LogP contribution in [0.2, 0.25) is 0 Å². The van der Waals surface area contributed by atoms with E-state index >= 15 is 0 Å². The van der Waals surface area contributed by atoms with E-state index in [0.717, 1.165) is 0 Å². The predicted octanol–water partition coefficient (Wildman–Crippen LogP) is 4.42. The first-order chi connectivity index (χ1) is 10.3. The van der Waals surface area contributed by atoms with Crippen LogP contribution in [0.4, 0.5) is 0 Å². The Balaban J connectivity index is 1.98. The number of allylic oxidation sites excluding steroid dienone is 1. The molecule has 1 aromatic heterocycles. The lowest BCUT2D eigenvalue weighted by Gasteiger charge is -2.39. The molecule has 2 atom stereocenters. The Morgan fingerprint density at radius 3 is 2.62 bits per heavy atom. The molecule has 21 heavy (non-hydrogen) atoms. The van der Waals surface area contributed by atoms with Crippen molar-refractivity contribution in [3.05, 3.63) is 47.4 Å². The topological polar surface area (TPSA) is 16.1 Å². The molecule has 108 valence electrons. The molecule has 2 aromatic rings. The van der Waals surface area contributed by atoms with Gasteiger partial charge in [-0.15, -0.1) is 0 Å². The average molecular weight is 278 g/mol. The zero-order valence-electron chi connectivity index (χ0n) is 12.8. The summed E-state index contributed by atoms with van der Waals surface area (Å²) in [5.41, 5.74) is 4.19. The maximum atomic E-state index is 4.86. The molecule has 0 saturated heterocycles. The Bertz CT molecular complexity index is 715. The van der Waals surface area contributed by atoms with Crippen LogP contribution < -0.4 is 0 Å². The Morgan fingerprint density at radius 2 is 1.81 bits per heavy atom. The number of hydrogen-bond donors (Lipinski definition) is 0. The van der Waals surface area contributed by atoms with E-state index < -0.39 is 0 Å². The molecule has 0 radical (unpaired) electrons. The molecular weight excluding hydrogens is 256 g/mol. The normalized spacial score (nSPS) is 24.2. The van der Waals surface area contributed by atoms with E-state index in [-0.39, 0.29) is 0 Å². The number of aromatic nitrogens is 1. The van der Waals surface area contributed by atoms with Gasteiger partial charge < -0.3 is 4.90 Å². The summed E-state index contributed by atoms with van der Waals surface area (Å²) in [4.78, 5) is 7.18. The molecule has 0 spiro atoms. The van der Waals surface area contributed by atoms with Crippen LogP contribution in [-0.2, 0) is 0 Å². The van der Waals surface area contributed by atoms with E-state index in [1.807, 2.05) is 0 Å². The molecule has 4 rings (SSSR count). The van der Waals surface area contributed by atoms with Crippen LogP contribution >= 0.6 is 0 Å². The number of rotatable bonds is 1. The summed E-state index contributed by atoms with van der Waals surface area (Å²) in [5, 5.41) is 2.60. The van der Waals surface area contributed by atoms with Gasteiger partial charge in [0.1, 0.15) is 0 Å². The fourth-order valence-electron chi connectivity index (χ4n) is 4.18. The van der Waals surface area contributed by atoms with Gasteiger partial charge in [-0.3, -0.25) is 4.98 Å². The Hall–Kier alpha value is -1.83. The minimum atomic E-state index is 0.612. The van der Waals surface area contributed by atoms with Gasteiger partial charge in [0.25, 0.3) is 0 Å². The summed E-state index contributed by atoms with van der Waals surface area (Å²) in [5.74, 6) is 1.27. The van der Waals surface area contributed by atoms with E-state index in [4.69, 9.17) is 4.98 Å². The van der Waals surface area contributed by atoms with Gasteiger partial charge in [0.2, 0.25) is 0 Å². The van der Waals surface area contributed by atoms with Crippen molar-refractivity contribution in [2.75, 3.05) is 14.1 Å². The Kier molecular flexibility index (Phi) is 2.99. The summed E-state index contributed by atoms with van der Waals surface area (Å²) in [6, 6.07) is 8.64. The largest absolute Gasteiger partial charge is 0.381 e. The van der Waals surface area contributed by atoms with Crippen molar-refractivity contribution in [3.63, 3.8) is 0 Å². The van der Waals surface area contributed by atoms with Crippen LogP contribution in [-0.4, -0.2) is 24.0 Å². The smallest absolute Gasteiger partial charge is 0.0520 e. The highest BCUT2D eigenvalue weighted by atomic mass is 15.1. The highest BCUT2D eigenvalue weighted by molar-refractivity contribution is 5.92. The lowest BCUT2D eigenvalue weighted by Crippen LogP contribution is -2.30. The van der Waals surface area contributed by atoms with Crippen molar-refractivity contribution < 1.29 is 0 Å². The van der Waals surface area contributed by atoms with Crippen molar-refractivity contribution in [3.8, 4) is 0 Å². The fourth-order valence-corrected chi connectivity index (χ4v) is 4.18. The number of nitrogens with zero attached hydrogens (tertiary/aromatic N) is 2. The van der Waals surface area contributed by atoms with Crippen molar-refractivity contribution >= 4 is 16.8 Å². The Morgan fingerprint density at radius 1 is 1.05 bits per heavy atom. The molecule has 0 unspecified atom stereocenters. The maximum absolute atomic E-state index is 4.86. The molecule has 0 bridgehead atoms. The first-order valence-electron chi connectivity index (χ1n) is 8.02. The molecule has 0 aliphatic heterocycles. The first-order valence-corrected chi connectivity index (χ1v) is 8.02. The molecule has 0 amide bonds. The molecule has 1 fully saturated rings. The monoisotopic (exact) mass is 278 g/mol. The molecule has 2 aliphatic rings. The third-order valence-corrected chi connectivity index (χ3v) is 5.18. The van der Waals surface area contributed by atoms with Crippen LogP contribution in [0.25, 0.3) is 16.8 Å². The van der Waals surface area contributed by atoms with Crippen LogP contribution in [0.3, 0.4) is 0 Å². The first kappa shape index (κ1) is 12.9. The second-order valence-corrected chi connectivity index (χ2v) is 6.61. The molecule has 2 nitrogen and oxygen atoms in total. The summed E-state index contributed by atoms with van der Waals surface area (Å²) < 4.78 is 0. The van der Waals surface area contributed by atoms with E-state index in [1.165, 1.54) is 53.4 Å². The van der Waals surface area contributed by atoms with Crippen LogP contribution in [0.5, 0.6) is 0 Å². The Labute approximate surface area is 126 Å². The van der Waals surface area contributed by atoms with Gasteiger partial charge in [0.15, 0.2) is 0 Å². The van der Waals surface area contributed by atoms with Gasteiger partial charge in [-0.2, -0.15) is 0 Å². The summed E-state index contributed by atoms with van der Waals surface area (Å²) in [7, 11) is 4.36. The highest BCUT2D eigenvalue weighted by Gasteiger charge is 2.35. The van der Waals surface area contributed by atoms with Crippen molar-refractivity contribution in [1.82, 2.24) is 9.88 Å². The van der Waals surface area contributed by atoms with Gasteiger partial charge >= 0.3 is 0 Å². The molecule has 2 heteroatoms. The van der Waals surface area contributed by atoms with Crippen molar-refractivity contribution in [1.29, 1.82) is 0 Å². The van der Waals surface area contributed by atoms with Crippen molar-refractivity contribution in [2.24, 2.45) is 5.92 Å². The van der Waals surface area contributed by atoms with E-state index in [0.29, 0.717) is 11.8 Å². The van der Waals surface area contributed by atoms with Gasteiger partial charge in [-0.05, 0) is 24.3 Å². The van der Waals surface area contributed by atoms with Crippen LogP contribution in [0, 0.1) is 5.92 Å². The van der Waals surface area contributed by atoms with Gasteiger partial charge in [0.05, 0.1) is 5.69 Å². The fraction of sp³-hybridized carbons (Fsp3) is 0.421. The molecular formula is C19H22N2. The van der Waals surface area contributed by atoms with E-state index in [9.17, 15) is 0 Å². The second kappa shape index (κ2) is 4.87. The van der Waals surface area contributed by atoms with Crippen LogP contribution in [0.1, 0.15) is 42.9 Å².